The van der Waals surface area contributed by atoms with Crippen LogP contribution in [0.3, 0.4) is 0 Å². The maximum absolute atomic E-state index is 5.75. The number of likely N-dealkylation sites (tertiary alicyclic amines) is 1. The molecule has 0 bridgehead atoms. The third kappa shape index (κ3) is 4.62. The van der Waals surface area contributed by atoms with Crippen LogP contribution in [0.4, 0.5) is 0 Å². The SMILES string of the molecule is CCN1CCCC1CNCc1ccc(OC(C)C)c(OC)c1. The molecule has 0 radical (unpaired) electrons. The van der Waals surface area contributed by atoms with Gasteiger partial charge in [0.25, 0.3) is 0 Å². The third-order valence-electron chi connectivity index (χ3n) is 4.21. The number of nitrogens with one attached hydrogen (secondary N) is 1. The first kappa shape index (κ1) is 17.1. The number of benzene rings is 1. The standard InChI is InChI=1S/C18H30N2O2/c1-5-20-10-6-7-16(20)13-19-12-15-8-9-17(22-14(2)3)18(11-15)21-4/h8-9,11,14,16,19H,5-7,10,12-13H2,1-4H3. The molecule has 4 heteroatoms. The number of rotatable bonds is 8. The Kier molecular flexibility index (Phi) is 6.52. The fourth-order valence-corrected chi connectivity index (χ4v) is 3.10. The number of likely N-dealkylation sites (N-methyl/N-ethyl adjacent to an activating group) is 1. The molecule has 22 heavy (non-hydrogen) atoms. The minimum atomic E-state index is 0.153. The zero-order valence-corrected chi connectivity index (χ0v) is 14.4. The quantitative estimate of drug-likeness (QED) is 0.800. The summed E-state index contributed by atoms with van der Waals surface area (Å²) in [5.41, 5.74) is 1.23. The van der Waals surface area contributed by atoms with Crippen molar-refractivity contribution in [3.05, 3.63) is 23.8 Å². The molecule has 1 atom stereocenters. The van der Waals surface area contributed by atoms with E-state index in [0.717, 1.165) is 31.1 Å². The second-order valence-corrected chi connectivity index (χ2v) is 6.21. The topological polar surface area (TPSA) is 33.7 Å². The van der Waals surface area contributed by atoms with Gasteiger partial charge in [0.1, 0.15) is 0 Å². The molecule has 4 nitrogen and oxygen atoms in total. The van der Waals surface area contributed by atoms with E-state index in [2.05, 4.69) is 29.3 Å². The molecule has 1 heterocycles. The van der Waals surface area contributed by atoms with Gasteiger partial charge < -0.3 is 14.8 Å². The van der Waals surface area contributed by atoms with E-state index in [-0.39, 0.29) is 6.10 Å². The van der Waals surface area contributed by atoms with Crippen molar-refractivity contribution < 1.29 is 9.47 Å². The molecule has 0 aliphatic carbocycles. The van der Waals surface area contributed by atoms with Crippen LogP contribution in [-0.4, -0.2) is 43.8 Å². The van der Waals surface area contributed by atoms with Crippen LogP contribution in [0.5, 0.6) is 11.5 Å². The van der Waals surface area contributed by atoms with Crippen molar-refractivity contribution in [1.29, 1.82) is 0 Å². The highest BCUT2D eigenvalue weighted by Crippen LogP contribution is 2.29. The molecule has 1 aromatic carbocycles. The van der Waals surface area contributed by atoms with Crippen molar-refractivity contribution in [2.75, 3.05) is 26.7 Å². The summed E-state index contributed by atoms with van der Waals surface area (Å²) in [4.78, 5) is 2.56. The van der Waals surface area contributed by atoms with Crippen LogP contribution < -0.4 is 14.8 Å². The van der Waals surface area contributed by atoms with Crippen molar-refractivity contribution in [3.63, 3.8) is 0 Å². The highest BCUT2D eigenvalue weighted by molar-refractivity contribution is 5.43. The first-order valence-electron chi connectivity index (χ1n) is 8.42. The van der Waals surface area contributed by atoms with Crippen molar-refractivity contribution in [2.45, 2.75) is 52.3 Å². The van der Waals surface area contributed by atoms with Gasteiger partial charge in [0, 0.05) is 19.1 Å². The Morgan fingerprint density at radius 2 is 2.14 bits per heavy atom. The van der Waals surface area contributed by atoms with E-state index < -0.39 is 0 Å². The van der Waals surface area contributed by atoms with E-state index in [4.69, 9.17) is 9.47 Å². The van der Waals surface area contributed by atoms with E-state index in [1.54, 1.807) is 7.11 Å². The molecule has 0 saturated carbocycles. The smallest absolute Gasteiger partial charge is 0.161 e. The zero-order valence-electron chi connectivity index (χ0n) is 14.4. The number of nitrogens with zero attached hydrogens (tertiary/aromatic N) is 1. The van der Waals surface area contributed by atoms with Gasteiger partial charge >= 0.3 is 0 Å². The predicted octanol–water partition coefficient (Wildman–Crippen LogP) is 3.06. The fraction of sp³-hybridized carbons (Fsp3) is 0.667. The minimum Gasteiger partial charge on any atom is -0.493 e. The lowest BCUT2D eigenvalue weighted by Gasteiger charge is -2.23. The lowest BCUT2D eigenvalue weighted by Crippen LogP contribution is -2.37. The third-order valence-corrected chi connectivity index (χ3v) is 4.21. The predicted molar refractivity (Wildman–Crippen MR) is 90.7 cm³/mol. The molecule has 1 aliphatic heterocycles. The first-order valence-corrected chi connectivity index (χ1v) is 8.42. The Bertz CT molecular complexity index is 462. The second-order valence-electron chi connectivity index (χ2n) is 6.21. The maximum atomic E-state index is 5.75. The molecular formula is C18H30N2O2. The molecule has 0 aromatic heterocycles. The molecule has 1 N–H and O–H groups in total. The summed E-state index contributed by atoms with van der Waals surface area (Å²) >= 11 is 0. The number of ether oxygens (including phenoxy) is 2. The molecular weight excluding hydrogens is 276 g/mol. The van der Waals surface area contributed by atoms with Crippen molar-refractivity contribution in [3.8, 4) is 11.5 Å². The van der Waals surface area contributed by atoms with Crippen LogP contribution in [0.15, 0.2) is 18.2 Å². The first-order chi connectivity index (χ1) is 10.6. The van der Waals surface area contributed by atoms with Crippen LogP contribution in [0.2, 0.25) is 0 Å². The maximum Gasteiger partial charge on any atom is 0.161 e. The van der Waals surface area contributed by atoms with Gasteiger partial charge in [0.15, 0.2) is 11.5 Å². The molecule has 1 fully saturated rings. The van der Waals surface area contributed by atoms with Gasteiger partial charge in [-0.15, -0.1) is 0 Å². The average Bonchev–Trinajstić information content (AvgIpc) is 2.95. The zero-order chi connectivity index (χ0) is 15.9. The van der Waals surface area contributed by atoms with Gasteiger partial charge in [-0.3, -0.25) is 4.90 Å². The number of hydrogen-bond acceptors (Lipinski definition) is 4. The van der Waals surface area contributed by atoms with Gasteiger partial charge in [0.05, 0.1) is 13.2 Å². The monoisotopic (exact) mass is 306 g/mol. The Morgan fingerprint density at radius 1 is 1.32 bits per heavy atom. The van der Waals surface area contributed by atoms with Crippen LogP contribution in [-0.2, 0) is 6.54 Å². The van der Waals surface area contributed by atoms with Gasteiger partial charge in [0.2, 0.25) is 0 Å². The van der Waals surface area contributed by atoms with Gasteiger partial charge in [-0.2, -0.15) is 0 Å². The van der Waals surface area contributed by atoms with E-state index >= 15 is 0 Å². The molecule has 1 unspecified atom stereocenters. The largest absolute Gasteiger partial charge is 0.493 e. The van der Waals surface area contributed by atoms with Gasteiger partial charge in [-0.25, -0.2) is 0 Å². The van der Waals surface area contributed by atoms with Gasteiger partial charge in [-0.1, -0.05) is 13.0 Å². The van der Waals surface area contributed by atoms with Crippen LogP contribution >= 0.6 is 0 Å². The number of hydrogen-bond donors (Lipinski definition) is 1. The summed E-state index contributed by atoms with van der Waals surface area (Å²) in [6.07, 6.45) is 2.79. The summed E-state index contributed by atoms with van der Waals surface area (Å²) in [5, 5.41) is 3.58. The van der Waals surface area contributed by atoms with Crippen LogP contribution in [0.25, 0.3) is 0 Å². The second kappa shape index (κ2) is 8.39. The summed E-state index contributed by atoms with van der Waals surface area (Å²) in [5.74, 6) is 1.62. The van der Waals surface area contributed by atoms with Gasteiger partial charge in [-0.05, 0) is 57.5 Å². The molecule has 0 amide bonds. The fourth-order valence-electron chi connectivity index (χ4n) is 3.10. The molecule has 1 aromatic rings. The Balaban J connectivity index is 1.87. The van der Waals surface area contributed by atoms with Crippen LogP contribution in [0, 0.1) is 0 Å². The summed E-state index contributed by atoms with van der Waals surface area (Å²) in [7, 11) is 1.69. The van der Waals surface area contributed by atoms with E-state index in [1.165, 1.54) is 24.9 Å². The minimum absolute atomic E-state index is 0.153. The molecule has 1 saturated heterocycles. The van der Waals surface area contributed by atoms with E-state index in [0.29, 0.717) is 6.04 Å². The lowest BCUT2D eigenvalue weighted by molar-refractivity contribution is 0.230. The molecule has 1 aliphatic rings. The molecule has 2 rings (SSSR count). The molecule has 124 valence electrons. The Labute approximate surface area is 134 Å². The van der Waals surface area contributed by atoms with E-state index in [9.17, 15) is 0 Å². The average molecular weight is 306 g/mol. The van der Waals surface area contributed by atoms with Crippen LogP contribution in [0.1, 0.15) is 39.2 Å². The highest BCUT2D eigenvalue weighted by Gasteiger charge is 2.22. The Hall–Kier alpha value is -1.26. The van der Waals surface area contributed by atoms with Crippen molar-refractivity contribution in [1.82, 2.24) is 10.2 Å². The van der Waals surface area contributed by atoms with E-state index in [1.807, 2.05) is 19.9 Å². The summed E-state index contributed by atoms with van der Waals surface area (Å²) in [6.45, 7) is 10.6. The lowest BCUT2D eigenvalue weighted by atomic mass is 10.1. The summed E-state index contributed by atoms with van der Waals surface area (Å²) in [6, 6.07) is 6.87. The Morgan fingerprint density at radius 3 is 2.82 bits per heavy atom. The van der Waals surface area contributed by atoms with Crippen molar-refractivity contribution >= 4 is 0 Å². The normalized spacial score (nSPS) is 18.9. The van der Waals surface area contributed by atoms with Crippen molar-refractivity contribution in [2.24, 2.45) is 0 Å². The molecule has 0 spiro atoms. The number of methoxy groups -OCH3 is 1. The highest BCUT2D eigenvalue weighted by atomic mass is 16.5. The summed E-state index contributed by atoms with van der Waals surface area (Å²) < 4.78 is 11.2.